The number of hydrogen-bond acceptors (Lipinski definition) is 5. The van der Waals surface area contributed by atoms with Gasteiger partial charge < -0.3 is 8.92 Å². The second kappa shape index (κ2) is 7.37. The van der Waals surface area contributed by atoms with Crippen LogP contribution in [-0.4, -0.2) is 61.4 Å². The van der Waals surface area contributed by atoms with Crippen LogP contribution in [0.5, 0.6) is 0 Å². The Kier molecular flexibility index (Phi) is 6.00. The van der Waals surface area contributed by atoms with E-state index in [1.807, 2.05) is 0 Å². The number of nitrogens with zero attached hydrogens (tertiary/aromatic N) is 1. The summed E-state index contributed by atoms with van der Waals surface area (Å²) in [5, 5.41) is -6.93. The number of halogens is 9. The number of amides is 1. The molecule has 30 heavy (non-hydrogen) atoms. The van der Waals surface area contributed by atoms with Crippen LogP contribution in [0.25, 0.3) is 0 Å². The summed E-state index contributed by atoms with van der Waals surface area (Å²) in [5.41, 5.74) is 0. The van der Waals surface area contributed by atoms with Crippen LogP contribution in [0.4, 0.5) is 44.3 Å². The van der Waals surface area contributed by atoms with Crippen molar-refractivity contribution in [3.8, 4) is 0 Å². The monoisotopic (exact) mass is 479 g/mol. The summed E-state index contributed by atoms with van der Waals surface area (Å²) in [6, 6.07) is -1.77. The van der Waals surface area contributed by atoms with E-state index in [-0.39, 0.29) is 19.4 Å². The lowest BCUT2D eigenvalue weighted by atomic mass is 10.1. The topological polar surface area (TPSA) is 72.9 Å². The summed E-state index contributed by atoms with van der Waals surface area (Å²) >= 11 is 0. The van der Waals surface area contributed by atoms with E-state index < -0.39 is 63.8 Å². The van der Waals surface area contributed by atoms with Crippen LogP contribution in [0.3, 0.4) is 0 Å². The maximum atomic E-state index is 13.7. The van der Waals surface area contributed by atoms with Crippen molar-refractivity contribution in [1.82, 2.24) is 4.90 Å². The summed E-state index contributed by atoms with van der Waals surface area (Å²) < 4.78 is 148. The zero-order chi connectivity index (χ0) is 23.3. The Morgan fingerprint density at radius 2 is 1.63 bits per heavy atom. The highest BCUT2D eigenvalue weighted by Gasteiger charge is 2.86. The maximum Gasteiger partial charge on any atom is 0.460 e. The minimum Gasteiger partial charge on any atom is -0.450 e. The normalized spacial score (nSPS) is 23.3. The fourth-order valence-corrected chi connectivity index (χ4v) is 4.00. The van der Waals surface area contributed by atoms with Crippen LogP contribution in [-0.2, 0) is 19.0 Å². The molecule has 0 saturated carbocycles. The van der Waals surface area contributed by atoms with Crippen LogP contribution in [0, 0.1) is 0 Å². The predicted octanol–water partition coefficient (Wildman–Crippen LogP) is 4.04. The van der Waals surface area contributed by atoms with E-state index in [0.29, 0.717) is 0 Å². The Morgan fingerprint density at radius 1 is 1.07 bits per heavy atom. The summed E-state index contributed by atoms with van der Waals surface area (Å²) in [7, 11) is -6.99. The molecule has 1 fully saturated rings. The first-order valence-corrected chi connectivity index (χ1v) is 9.61. The van der Waals surface area contributed by atoms with Crippen LogP contribution >= 0.6 is 0 Å². The van der Waals surface area contributed by atoms with Crippen molar-refractivity contribution >= 4 is 16.2 Å². The Morgan fingerprint density at radius 3 is 2.10 bits per heavy atom. The lowest BCUT2D eigenvalue weighted by Gasteiger charge is -2.34. The molecule has 2 aliphatic rings. The number of rotatable bonds is 6. The summed E-state index contributed by atoms with van der Waals surface area (Å²) in [4.78, 5) is 13.0. The Hall–Kier alpha value is -1.87. The van der Waals surface area contributed by atoms with Gasteiger partial charge in [-0.25, -0.2) is 4.79 Å². The van der Waals surface area contributed by atoms with Crippen molar-refractivity contribution in [2.24, 2.45) is 0 Å². The van der Waals surface area contributed by atoms with Gasteiger partial charge >= 0.3 is 39.5 Å². The zero-order valence-electron chi connectivity index (χ0n) is 14.9. The van der Waals surface area contributed by atoms with Gasteiger partial charge in [0.2, 0.25) is 0 Å². The van der Waals surface area contributed by atoms with Gasteiger partial charge in [0.05, 0.1) is 12.6 Å². The van der Waals surface area contributed by atoms with Crippen molar-refractivity contribution in [3.05, 3.63) is 11.8 Å². The quantitative estimate of drug-likeness (QED) is 0.425. The molecule has 0 radical (unpaired) electrons. The number of carbonyl (C=O) groups is 1. The third kappa shape index (κ3) is 3.66. The molecule has 0 aromatic carbocycles. The van der Waals surface area contributed by atoms with Gasteiger partial charge in [0.1, 0.15) is 5.76 Å². The summed E-state index contributed by atoms with van der Waals surface area (Å²) in [6.07, 6.45) is -7.38. The van der Waals surface area contributed by atoms with Crippen molar-refractivity contribution < 1.29 is 61.6 Å². The van der Waals surface area contributed by atoms with Crippen molar-refractivity contribution in [1.29, 1.82) is 0 Å². The van der Waals surface area contributed by atoms with E-state index in [9.17, 15) is 52.7 Å². The second-order valence-corrected chi connectivity index (χ2v) is 8.03. The third-order valence-electron chi connectivity index (χ3n) is 4.49. The number of fused-ring (bicyclic) bond motifs is 2. The summed E-state index contributed by atoms with van der Waals surface area (Å²) in [5.74, 6) is -15.6. The fraction of sp³-hybridized carbons (Fsp3) is 0.786. The fourth-order valence-electron chi connectivity index (χ4n) is 3.05. The second-order valence-electron chi connectivity index (χ2n) is 6.44. The molecule has 2 rings (SSSR count). The van der Waals surface area contributed by atoms with E-state index >= 15 is 0 Å². The van der Waals surface area contributed by atoms with Gasteiger partial charge in [-0.15, -0.1) is 0 Å². The molecule has 2 atom stereocenters. The van der Waals surface area contributed by atoms with E-state index in [4.69, 9.17) is 4.74 Å². The predicted molar refractivity (Wildman–Crippen MR) is 79.3 cm³/mol. The minimum absolute atomic E-state index is 0.0229. The van der Waals surface area contributed by atoms with Crippen LogP contribution in [0.1, 0.15) is 26.2 Å². The molecule has 0 aromatic heterocycles. The van der Waals surface area contributed by atoms with Gasteiger partial charge in [0.25, 0.3) is 0 Å². The SMILES string of the molecule is CCOC(=O)N1C2C=C(OS(=O)(=O)C(F)(F)C(F)(F)C(F)(F)C(F)(F)F)CC1CC2. The molecule has 16 heteroatoms. The maximum absolute atomic E-state index is 13.7. The molecule has 174 valence electrons. The van der Waals surface area contributed by atoms with Crippen molar-refractivity contribution in [2.45, 2.75) is 61.5 Å². The number of carbonyl (C=O) groups excluding carboxylic acids is 1. The first kappa shape index (κ1) is 24.4. The first-order chi connectivity index (χ1) is 13.4. The van der Waals surface area contributed by atoms with Gasteiger partial charge in [-0.2, -0.15) is 47.9 Å². The van der Waals surface area contributed by atoms with E-state index in [1.165, 1.54) is 6.92 Å². The van der Waals surface area contributed by atoms with Gasteiger partial charge in [-0.05, 0) is 25.8 Å². The highest BCUT2D eigenvalue weighted by atomic mass is 32.2. The van der Waals surface area contributed by atoms with Crippen molar-refractivity contribution in [3.63, 3.8) is 0 Å². The highest BCUT2D eigenvalue weighted by Crippen LogP contribution is 2.55. The van der Waals surface area contributed by atoms with Gasteiger partial charge in [-0.3, -0.25) is 4.90 Å². The first-order valence-electron chi connectivity index (χ1n) is 8.20. The zero-order valence-corrected chi connectivity index (χ0v) is 15.7. The van der Waals surface area contributed by atoms with Crippen molar-refractivity contribution in [2.75, 3.05) is 6.61 Å². The van der Waals surface area contributed by atoms with Gasteiger partial charge in [-0.1, -0.05) is 0 Å². The molecular formula is C14H14F9NO5S. The van der Waals surface area contributed by atoms with E-state index in [1.54, 1.807) is 0 Å². The highest BCUT2D eigenvalue weighted by molar-refractivity contribution is 7.88. The average molecular weight is 479 g/mol. The minimum atomic E-state index is -7.37. The van der Waals surface area contributed by atoms with Gasteiger partial charge in [0.15, 0.2) is 0 Å². The standard InChI is InChI=1S/C14H14F9NO5S/c1-2-28-10(25)24-7-3-4-8(24)6-9(5-7)29-30(26,27)14(22,23)12(17,18)11(15,16)13(19,20)21/h5,7-8H,2-4,6H2,1H3. The number of ether oxygens (including phenoxy) is 1. The molecule has 0 aliphatic carbocycles. The van der Waals surface area contributed by atoms with E-state index in [0.717, 1.165) is 11.0 Å². The summed E-state index contributed by atoms with van der Waals surface area (Å²) in [6.45, 7) is 1.46. The molecule has 0 N–H and O–H groups in total. The van der Waals surface area contributed by atoms with Crippen LogP contribution in [0.15, 0.2) is 11.8 Å². The molecular weight excluding hydrogens is 465 g/mol. The Balaban J connectivity index is 2.31. The molecule has 2 bridgehead atoms. The molecule has 2 heterocycles. The molecule has 1 amide bonds. The number of alkyl halides is 9. The van der Waals surface area contributed by atoms with Crippen LogP contribution in [0.2, 0.25) is 0 Å². The molecule has 2 aliphatic heterocycles. The largest absolute Gasteiger partial charge is 0.460 e. The lowest BCUT2D eigenvalue weighted by Crippen LogP contribution is -2.63. The Bertz CT molecular complexity index is 824. The lowest BCUT2D eigenvalue weighted by molar-refractivity contribution is -0.382. The number of hydrogen-bond donors (Lipinski definition) is 0. The molecule has 0 aromatic rings. The third-order valence-corrected chi connectivity index (χ3v) is 5.80. The van der Waals surface area contributed by atoms with E-state index in [2.05, 4.69) is 4.18 Å². The molecule has 6 nitrogen and oxygen atoms in total. The average Bonchev–Trinajstić information content (AvgIpc) is 2.84. The molecule has 1 saturated heterocycles. The smallest absolute Gasteiger partial charge is 0.450 e. The Labute approximate surface area is 163 Å². The molecule has 2 unspecified atom stereocenters. The van der Waals surface area contributed by atoms with Crippen LogP contribution < -0.4 is 0 Å². The van der Waals surface area contributed by atoms with Gasteiger partial charge in [0, 0.05) is 12.5 Å². The molecule has 0 spiro atoms.